The fourth-order valence-electron chi connectivity index (χ4n) is 2.06. The normalized spacial score (nSPS) is 12.7. The minimum absolute atomic E-state index is 0.205. The Bertz CT molecular complexity index is 341. The first kappa shape index (κ1) is 14.5. The summed E-state index contributed by atoms with van der Waals surface area (Å²) >= 11 is 6.02. The topological polar surface area (TPSA) is 12.0 Å². The van der Waals surface area contributed by atoms with E-state index in [1.165, 1.54) is 25.0 Å². The number of aryl methyl sites for hydroxylation is 1. The average molecular weight is 258 g/mol. The van der Waals surface area contributed by atoms with E-state index >= 15 is 0 Å². The molecular weight excluding hydrogens is 237 g/mol. The smallest absolute Gasteiger partial charge is 0.123 e. The van der Waals surface area contributed by atoms with E-state index in [1.54, 1.807) is 6.07 Å². The number of hydrogen-bond donors (Lipinski definition) is 1. The summed E-state index contributed by atoms with van der Waals surface area (Å²) in [5.41, 5.74) is 0.915. The molecule has 1 aromatic carbocycles. The number of rotatable bonds is 7. The number of nitrogens with one attached hydrogen (secondary N) is 1. The third-order valence-corrected chi connectivity index (χ3v) is 3.42. The van der Waals surface area contributed by atoms with Crippen molar-refractivity contribution in [3.63, 3.8) is 0 Å². The Hall–Kier alpha value is -0.600. The highest BCUT2D eigenvalue weighted by atomic mass is 35.5. The van der Waals surface area contributed by atoms with Crippen molar-refractivity contribution < 1.29 is 4.39 Å². The first-order chi connectivity index (χ1) is 8.17. The molecule has 0 amide bonds. The summed E-state index contributed by atoms with van der Waals surface area (Å²) in [6, 6.07) is 5.14. The van der Waals surface area contributed by atoms with Crippen LogP contribution in [0.4, 0.5) is 4.39 Å². The van der Waals surface area contributed by atoms with Crippen LogP contribution in [0.2, 0.25) is 5.02 Å². The zero-order valence-corrected chi connectivity index (χ0v) is 11.4. The molecule has 0 spiro atoms. The highest BCUT2D eigenvalue weighted by molar-refractivity contribution is 6.31. The summed E-state index contributed by atoms with van der Waals surface area (Å²) in [7, 11) is 2.00. The van der Waals surface area contributed by atoms with E-state index in [9.17, 15) is 4.39 Å². The zero-order chi connectivity index (χ0) is 12.7. The van der Waals surface area contributed by atoms with E-state index in [0.29, 0.717) is 11.1 Å². The summed E-state index contributed by atoms with van der Waals surface area (Å²) < 4.78 is 13.0. The SMILES string of the molecule is CCCC(CCCc1cc(F)ccc1Cl)NC. The Balaban J connectivity index is 2.42. The van der Waals surface area contributed by atoms with Gasteiger partial charge >= 0.3 is 0 Å². The number of benzene rings is 1. The molecule has 1 N–H and O–H groups in total. The third-order valence-electron chi connectivity index (χ3n) is 3.05. The Morgan fingerprint density at radius 1 is 1.35 bits per heavy atom. The second kappa shape index (κ2) is 7.67. The largest absolute Gasteiger partial charge is 0.317 e. The van der Waals surface area contributed by atoms with E-state index in [2.05, 4.69) is 12.2 Å². The van der Waals surface area contributed by atoms with Crippen LogP contribution < -0.4 is 5.32 Å². The molecule has 0 saturated carbocycles. The van der Waals surface area contributed by atoms with Gasteiger partial charge in [0, 0.05) is 11.1 Å². The average Bonchev–Trinajstić information content (AvgIpc) is 2.32. The quantitative estimate of drug-likeness (QED) is 0.772. The summed E-state index contributed by atoms with van der Waals surface area (Å²) in [4.78, 5) is 0. The second-order valence-corrected chi connectivity index (χ2v) is 4.81. The van der Waals surface area contributed by atoms with Gasteiger partial charge in [-0.2, -0.15) is 0 Å². The van der Waals surface area contributed by atoms with Crippen LogP contribution in [0.5, 0.6) is 0 Å². The molecule has 0 saturated heterocycles. The molecule has 1 rings (SSSR count). The molecular formula is C14H21ClFN. The Morgan fingerprint density at radius 2 is 2.12 bits per heavy atom. The number of halogens is 2. The fourth-order valence-corrected chi connectivity index (χ4v) is 2.27. The van der Waals surface area contributed by atoms with Crippen LogP contribution in [0.3, 0.4) is 0 Å². The standard InChI is InChI=1S/C14H21ClFN/c1-3-5-13(17-2)7-4-6-11-10-12(16)8-9-14(11)15/h8-10,13,17H,3-7H2,1-2H3. The van der Waals surface area contributed by atoms with Gasteiger partial charge in [0.2, 0.25) is 0 Å². The minimum Gasteiger partial charge on any atom is -0.317 e. The van der Waals surface area contributed by atoms with Gasteiger partial charge in [0.05, 0.1) is 0 Å². The first-order valence-electron chi connectivity index (χ1n) is 6.28. The van der Waals surface area contributed by atoms with Crippen molar-refractivity contribution in [3.8, 4) is 0 Å². The second-order valence-electron chi connectivity index (χ2n) is 4.40. The van der Waals surface area contributed by atoms with Crippen LogP contribution in [0.25, 0.3) is 0 Å². The molecule has 0 heterocycles. The minimum atomic E-state index is -0.205. The van der Waals surface area contributed by atoms with Gasteiger partial charge in [0.1, 0.15) is 5.82 Å². The summed E-state index contributed by atoms with van der Waals surface area (Å²) in [6.45, 7) is 2.19. The van der Waals surface area contributed by atoms with Crippen molar-refractivity contribution in [2.75, 3.05) is 7.05 Å². The van der Waals surface area contributed by atoms with Gasteiger partial charge in [-0.3, -0.25) is 0 Å². The number of hydrogen-bond acceptors (Lipinski definition) is 1. The van der Waals surface area contributed by atoms with E-state index in [-0.39, 0.29) is 5.82 Å². The van der Waals surface area contributed by atoms with E-state index < -0.39 is 0 Å². The Morgan fingerprint density at radius 3 is 2.76 bits per heavy atom. The predicted octanol–water partition coefficient (Wildman–Crippen LogP) is 4.19. The summed E-state index contributed by atoms with van der Waals surface area (Å²) in [6.07, 6.45) is 5.37. The maximum atomic E-state index is 13.0. The van der Waals surface area contributed by atoms with Crippen LogP contribution in [0.15, 0.2) is 18.2 Å². The monoisotopic (exact) mass is 257 g/mol. The van der Waals surface area contributed by atoms with Gasteiger partial charge in [0.15, 0.2) is 0 Å². The highest BCUT2D eigenvalue weighted by Gasteiger charge is 2.06. The van der Waals surface area contributed by atoms with Crippen LogP contribution in [0, 0.1) is 5.82 Å². The fraction of sp³-hybridized carbons (Fsp3) is 0.571. The van der Waals surface area contributed by atoms with Crippen molar-refractivity contribution in [1.29, 1.82) is 0 Å². The molecule has 1 aromatic rings. The van der Waals surface area contributed by atoms with E-state index in [4.69, 9.17) is 11.6 Å². The Labute approximate surface area is 108 Å². The highest BCUT2D eigenvalue weighted by Crippen LogP contribution is 2.19. The third kappa shape index (κ3) is 5.05. The molecule has 0 bridgehead atoms. The molecule has 1 nitrogen and oxygen atoms in total. The molecule has 0 aliphatic rings. The van der Waals surface area contributed by atoms with Crippen molar-refractivity contribution in [2.45, 2.75) is 45.1 Å². The van der Waals surface area contributed by atoms with Gasteiger partial charge in [-0.1, -0.05) is 24.9 Å². The molecule has 0 radical (unpaired) electrons. The van der Waals surface area contributed by atoms with Crippen LogP contribution in [-0.2, 0) is 6.42 Å². The van der Waals surface area contributed by atoms with Gasteiger partial charge in [-0.25, -0.2) is 4.39 Å². The molecule has 17 heavy (non-hydrogen) atoms. The molecule has 0 aliphatic carbocycles. The van der Waals surface area contributed by atoms with Gasteiger partial charge in [-0.05, 0) is 56.5 Å². The van der Waals surface area contributed by atoms with Crippen molar-refractivity contribution in [3.05, 3.63) is 34.6 Å². The molecule has 0 fully saturated rings. The maximum absolute atomic E-state index is 13.0. The van der Waals surface area contributed by atoms with Crippen LogP contribution >= 0.6 is 11.6 Å². The van der Waals surface area contributed by atoms with Crippen molar-refractivity contribution in [1.82, 2.24) is 5.32 Å². The molecule has 0 aliphatic heterocycles. The van der Waals surface area contributed by atoms with Gasteiger partial charge in [0.25, 0.3) is 0 Å². The lowest BCUT2D eigenvalue weighted by molar-refractivity contribution is 0.469. The molecule has 0 aromatic heterocycles. The molecule has 96 valence electrons. The lowest BCUT2D eigenvalue weighted by Gasteiger charge is -2.15. The van der Waals surface area contributed by atoms with Crippen LogP contribution in [-0.4, -0.2) is 13.1 Å². The maximum Gasteiger partial charge on any atom is 0.123 e. The molecule has 1 atom stereocenters. The summed E-state index contributed by atoms with van der Waals surface area (Å²) in [5, 5.41) is 3.98. The summed E-state index contributed by atoms with van der Waals surface area (Å²) in [5.74, 6) is -0.205. The van der Waals surface area contributed by atoms with Crippen molar-refractivity contribution in [2.24, 2.45) is 0 Å². The van der Waals surface area contributed by atoms with Crippen LogP contribution in [0.1, 0.15) is 38.2 Å². The lowest BCUT2D eigenvalue weighted by Crippen LogP contribution is -2.24. The molecule has 3 heteroatoms. The van der Waals surface area contributed by atoms with E-state index in [0.717, 1.165) is 24.8 Å². The molecule has 1 unspecified atom stereocenters. The van der Waals surface area contributed by atoms with Crippen molar-refractivity contribution >= 4 is 11.6 Å². The van der Waals surface area contributed by atoms with Gasteiger partial charge < -0.3 is 5.32 Å². The lowest BCUT2D eigenvalue weighted by atomic mass is 10.0. The first-order valence-corrected chi connectivity index (χ1v) is 6.66. The van der Waals surface area contributed by atoms with E-state index in [1.807, 2.05) is 7.05 Å². The zero-order valence-electron chi connectivity index (χ0n) is 10.6. The Kier molecular flexibility index (Phi) is 6.53. The van der Waals surface area contributed by atoms with Gasteiger partial charge in [-0.15, -0.1) is 0 Å². The predicted molar refractivity (Wildman–Crippen MR) is 72.1 cm³/mol.